The van der Waals surface area contributed by atoms with Crippen LogP contribution in [0.2, 0.25) is 0 Å². The third-order valence-electron chi connectivity index (χ3n) is 10.9. The summed E-state index contributed by atoms with van der Waals surface area (Å²) in [5.74, 6) is -0.573. The summed E-state index contributed by atoms with van der Waals surface area (Å²) in [4.78, 5) is 26.0. The van der Waals surface area contributed by atoms with Gasteiger partial charge in [0, 0.05) is 6.42 Å². The lowest BCUT2D eigenvalue weighted by atomic mass is 10.0. The minimum absolute atomic E-state index is 0.0418. The molecule has 57 heavy (non-hydrogen) atoms. The van der Waals surface area contributed by atoms with E-state index < -0.39 is 18.2 Å². The summed E-state index contributed by atoms with van der Waals surface area (Å²) < 4.78 is 5.87. The molecule has 0 fully saturated rings. The quantitative estimate of drug-likeness (QED) is 0.0247. The first-order chi connectivity index (χ1) is 28.0. The van der Waals surface area contributed by atoms with E-state index in [0.29, 0.717) is 19.3 Å². The highest BCUT2D eigenvalue weighted by atomic mass is 16.5. The van der Waals surface area contributed by atoms with E-state index in [4.69, 9.17) is 4.74 Å². The van der Waals surface area contributed by atoms with Crippen molar-refractivity contribution in [3.8, 4) is 0 Å². The van der Waals surface area contributed by atoms with Gasteiger partial charge >= 0.3 is 5.97 Å². The summed E-state index contributed by atoms with van der Waals surface area (Å²) in [5, 5.41) is 23.7. The molecule has 0 saturated carbocycles. The maximum absolute atomic E-state index is 13.1. The highest BCUT2D eigenvalue weighted by molar-refractivity contribution is 5.77. The molecule has 0 aliphatic heterocycles. The molecule has 0 heterocycles. The van der Waals surface area contributed by atoms with E-state index in [1.165, 1.54) is 116 Å². The van der Waals surface area contributed by atoms with Crippen molar-refractivity contribution in [1.82, 2.24) is 5.32 Å². The third-order valence-corrected chi connectivity index (χ3v) is 10.9. The first-order valence-corrected chi connectivity index (χ1v) is 24.4. The number of rotatable bonds is 43. The molecule has 0 spiro atoms. The Balaban J connectivity index is 4.69. The maximum atomic E-state index is 13.1. The van der Waals surface area contributed by atoms with Crippen molar-refractivity contribution in [3.63, 3.8) is 0 Å². The van der Waals surface area contributed by atoms with Crippen LogP contribution in [-0.4, -0.2) is 46.9 Å². The summed E-state index contributed by atoms with van der Waals surface area (Å²) in [6, 6.07) is -0.717. The Kier molecular flexibility index (Phi) is 43.2. The van der Waals surface area contributed by atoms with Gasteiger partial charge in [-0.2, -0.15) is 0 Å². The van der Waals surface area contributed by atoms with Crippen molar-refractivity contribution in [2.45, 2.75) is 257 Å². The molecule has 6 nitrogen and oxygen atoms in total. The van der Waals surface area contributed by atoms with Gasteiger partial charge in [-0.25, -0.2) is 0 Å². The number of carbonyl (C=O) groups excluding carboxylic acids is 2. The molecule has 0 aromatic heterocycles. The number of ether oxygens (including phenoxy) is 1. The second-order valence-corrected chi connectivity index (χ2v) is 16.5. The Morgan fingerprint density at radius 3 is 1.47 bits per heavy atom. The summed E-state index contributed by atoms with van der Waals surface area (Å²) >= 11 is 0. The topological polar surface area (TPSA) is 95.9 Å². The molecule has 6 heteroatoms. The lowest BCUT2D eigenvalue weighted by Gasteiger charge is -2.24. The van der Waals surface area contributed by atoms with Crippen LogP contribution in [0, 0.1) is 0 Å². The van der Waals surface area contributed by atoms with E-state index in [0.717, 1.165) is 70.6 Å². The number of allylic oxidation sites excluding steroid dienone is 8. The molecular formula is C51H93NO5. The van der Waals surface area contributed by atoms with E-state index in [-0.39, 0.29) is 31.3 Å². The summed E-state index contributed by atoms with van der Waals surface area (Å²) in [7, 11) is 0. The molecule has 1 amide bonds. The largest absolute Gasteiger partial charge is 0.462 e. The molecular weight excluding hydrogens is 707 g/mol. The molecule has 0 saturated heterocycles. The number of nitrogens with one attached hydrogen (secondary N) is 1. The Hall–Kier alpha value is -2.18. The lowest BCUT2D eigenvalue weighted by Crippen LogP contribution is -2.46. The molecule has 0 aliphatic rings. The third kappa shape index (κ3) is 40.4. The minimum atomic E-state index is -0.800. The van der Waals surface area contributed by atoms with Crippen LogP contribution in [-0.2, 0) is 14.3 Å². The van der Waals surface area contributed by atoms with Crippen molar-refractivity contribution in [1.29, 1.82) is 0 Å². The van der Waals surface area contributed by atoms with Crippen molar-refractivity contribution in [2.75, 3.05) is 6.61 Å². The average molecular weight is 800 g/mol. The van der Waals surface area contributed by atoms with Crippen LogP contribution in [0.25, 0.3) is 0 Å². The van der Waals surface area contributed by atoms with Gasteiger partial charge in [0.05, 0.1) is 25.2 Å². The van der Waals surface area contributed by atoms with E-state index in [1.54, 1.807) is 0 Å². The number of carbonyl (C=O) groups is 2. The van der Waals surface area contributed by atoms with E-state index in [9.17, 15) is 19.8 Å². The SMILES string of the molecule is CCCCC/C=C/C=C/CCCCCCC(CC(=O)NC(CO)C(O)CCCCCCCCCCCCCC)OC(=O)CC/C=C/C/C=C\CCCCCCCC. The van der Waals surface area contributed by atoms with E-state index >= 15 is 0 Å². The zero-order valence-corrected chi connectivity index (χ0v) is 37.7. The summed E-state index contributed by atoms with van der Waals surface area (Å²) in [6.07, 6.45) is 53.2. The fourth-order valence-corrected chi connectivity index (χ4v) is 7.18. The van der Waals surface area contributed by atoms with Crippen LogP contribution in [0.15, 0.2) is 48.6 Å². The number of unbranched alkanes of at least 4 members (excludes halogenated alkanes) is 24. The predicted octanol–water partition coefficient (Wildman–Crippen LogP) is 14.3. The monoisotopic (exact) mass is 800 g/mol. The first kappa shape index (κ1) is 54.8. The molecule has 3 atom stereocenters. The maximum Gasteiger partial charge on any atom is 0.306 e. The molecule has 0 rings (SSSR count). The highest BCUT2D eigenvalue weighted by Crippen LogP contribution is 2.17. The Morgan fingerprint density at radius 1 is 0.526 bits per heavy atom. The smallest absolute Gasteiger partial charge is 0.306 e. The normalized spacial score (nSPS) is 13.7. The zero-order valence-electron chi connectivity index (χ0n) is 37.7. The molecule has 3 N–H and O–H groups in total. The van der Waals surface area contributed by atoms with Crippen LogP contribution in [0.3, 0.4) is 0 Å². The fourth-order valence-electron chi connectivity index (χ4n) is 7.18. The molecule has 0 aromatic rings. The van der Waals surface area contributed by atoms with Gasteiger partial charge in [0.1, 0.15) is 6.10 Å². The van der Waals surface area contributed by atoms with Crippen LogP contribution in [0.5, 0.6) is 0 Å². The van der Waals surface area contributed by atoms with Gasteiger partial charge < -0.3 is 20.3 Å². The molecule has 0 aliphatic carbocycles. The second-order valence-electron chi connectivity index (χ2n) is 16.5. The number of amides is 1. The Morgan fingerprint density at radius 2 is 0.947 bits per heavy atom. The molecule has 0 radical (unpaired) electrons. The van der Waals surface area contributed by atoms with Gasteiger partial charge in [-0.1, -0.05) is 204 Å². The summed E-state index contributed by atoms with van der Waals surface area (Å²) in [5.41, 5.74) is 0. The fraction of sp³-hybridized carbons (Fsp3) is 0.804. The molecule has 0 aromatic carbocycles. The van der Waals surface area contributed by atoms with Crippen molar-refractivity contribution >= 4 is 11.9 Å². The van der Waals surface area contributed by atoms with Crippen LogP contribution in [0.1, 0.15) is 239 Å². The van der Waals surface area contributed by atoms with Crippen LogP contribution < -0.4 is 5.32 Å². The highest BCUT2D eigenvalue weighted by Gasteiger charge is 2.24. The van der Waals surface area contributed by atoms with Gasteiger partial charge in [-0.15, -0.1) is 0 Å². The zero-order chi connectivity index (χ0) is 41.7. The van der Waals surface area contributed by atoms with Crippen LogP contribution in [0.4, 0.5) is 0 Å². The molecule has 3 unspecified atom stereocenters. The number of aliphatic hydroxyl groups excluding tert-OH is 2. The van der Waals surface area contributed by atoms with Crippen molar-refractivity contribution in [2.24, 2.45) is 0 Å². The average Bonchev–Trinajstić information content (AvgIpc) is 3.20. The lowest BCUT2D eigenvalue weighted by molar-refractivity contribution is -0.150. The Bertz CT molecular complexity index is 988. The number of hydrogen-bond acceptors (Lipinski definition) is 5. The van der Waals surface area contributed by atoms with Gasteiger partial charge in [-0.05, 0) is 70.6 Å². The first-order valence-electron chi connectivity index (χ1n) is 24.4. The predicted molar refractivity (Wildman–Crippen MR) is 245 cm³/mol. The number of aliphatic hydroxyl groups is 2. The van der Waals surface area contributed by atoms with E-state index in [2.05, 4.69) is 68.6 Å². The van der Waals surface area contributed by atoms with Gasteiger partial charge in [0.15, 0.2) is 0 Å². The standard InChI is InChI=1S/C51H93NO5/c1-4-7-10-13-16-19-22-25-27-30-33-36-39-42-47(57-51(56)44-41-38-35-32-29-26-23-20-17-14-11-8-5-2)45-50(55)52-48(46-53)49(54)43-40-37-34-31-28-24-21-18-15-12-9-6-3/h16,19,22,25-26,29,35,38,47-49,53-54H,4-15,17-18,20-21,23-24,27-28,30-34,36-37,39-46H2,1-3H3,(H,52,55)/b19-16+,25-22+,29-26-,38-35+. The van der Waals surface area contributed by atoms with Gasteiger partial charge in [-0.3, -0.25) is 9.59 Å². The number of esters is 1. The van der Waals surface area contributed by atoms with Gasteiger partial charge in [0.25, 0.3) is 0 Å². The van der Waals surface area contributed by atoms with Gasteiger partial charge in [0.2, 0.25) is 5.91 Å². The summed E-state index contributed by atoms with van der Waals surface area (Å²) in [6.45, 7) is 6.41. The second kappa shape index (κ2) is 44.9. The van der Waals surface area contributed by atoms with Crippen LogP contribution >= 0.6 is 0 Å². The molecule has 332 valence electrons. The van der Waals surface area contributed by atoms with E-state index in [1.807, 2.05) is 6.08 Å². The molecule has 0 bridgehead atoms. The number of hydrogen-bond donors (Lipinski definition) is 3. The minimum Gasteiger partial charge on any atom is -0.462 e. The Labute approximate surface area is 353 Å². The van der Waals surface area contributed by atoms with Crippen molar-refractivity contribution < 1.29 is 24.5 Å². The van der Waals surface area contributed by atoms with Crippen molar-refractivity contribution in [3.05, 3.63) is 48.6 Å².